The molecule has 1 atom stereocenters. The van der Waals surface area contributed by atoms with Gasteiger partial charge in [0.05, 0.1) is 22.0 Å². The number of thioether (sulfide) groups is 1. The molecule has 14 heteroatoms. The Morgan fingerprint density at radius 1 is 1.29 bits per heavy atom. The van der Waals surface area contributed by atoms with E-state index in [1.165, 1.54) is 21.0 Å². The van der Waals surface area contributed by atoms with E-state index in [0.29, 0.717) is 17.8 Å². The van der Waals surface area contributed by atoms with Crippen molar-refractivity contribution in [2.45, 2.75) is 24.2 Å². The molecule has 0 bridgehead atoms. The van der Waals surface area contributed by atoms with Gasteiger partial charge in [0.15, 0.2) is 11.1 Å². The third kappa shape index (κ3) is 6.10. The Morgan fingerprint density at radius 3 is 2.55 bits per heavy atom. The van der Waals surface area contributed by atoms with E-state index in [4.69, 9.17) is 16.3 Å². The van der Waals surface area contributed by atoms with Crippen LogP contribution in [0, 0.1) is 0 Å². The summed E-state index contributed by atoms with van der Waals surface area (Å²) in [5.41, 5.74) is -2.65. The molecule has 168 valence electrons. The summed E-state index contributed by atoms with van der Waals surface area (Å²) in [6.45, 7) is 1.21. The van der Waals surface area contributed by atoms with Gasteiger partial charge in [-0.25, -0.2) is 9.48 Å². The number of benzene rings is 1. The van der Waals surface area contributed by atoms with Crippen molar-refractivity contribution in [1.82, 2.24) is 14.3 Å². The van der Waals surface area contributed by atoms with Crippen LogP contribution < -0.4 is 16.6 Å². The first-order chi connectivity index (χ1) is 14.3. The van der Waals surface area contributed by atoms with Gasteiger partial charge < -0.3 is 10.1 Å². The highest BCUT2D eigenvalue weighted by atomic mass is 35.5. The minimum Gasteiger partial charge on any atom is -0.452 e. The van der Waals surface area contributed by atoms with Gasteiger partial charge in [0, 0.05) is 14.1 Å². The Bertz CT molecular complexity index is 1130. The minimum atomic E-state index is -4.63. The molecule has 0 saturated heterocycles. The van der Waals surface area contributed by atoms with Crippen molar-refractivity contribution < 1.29 is 27.5 Å². The molecular weight excluding hydrogens is 465 g/mol. The monoisotopic (exact) mass is 480 g/mol. The number of carbonyl (C=O) groups is 2. The quantitative estimate of drug-likeness (QED) is 0.495. The third-order valence-corrected chi connectivity index (χ3v) is 5.09. The van der Waals surface area contributed by atoms with E-state index >= 15 is 0 Å². The van der Waals surface area contributed by atoms with E-state index in [1.54, 1.807) is 0 Å². The van der Waals surface area contributed by atoms with Crippen LogP contribution in [0.5, 0.6) is 0 Å². The zero-order chi connectivity index (χ0) is 23.5. The topological polar surface area (TPSA) is 112 Å². The number of carbonyl (C=O) groups excluding carboxylic acids is 2. The normalized spacial score (nSPS) is 12.4. The van der Waals surface area contributed by atoms with Crippen molar-refractivity contribution in [2.24, 2.45) is 14.1 Å². The highest BCUT2D eigenvalue weighted by Gasteiger charge is 2.31. The summed E-state index contributed by atoms with van der Waals surface area (Å²) in [6, 6.07) is 2.40. The summed E-state index contributed by atoms with van der Waals surface area (Å²) in [6.07, 6.45) is -6.00. The zero-order valence-electron chi connectivity index (χ0n) is 16.3. The van der Waals surface area contributed by atoms with Gasteiger partial charge in [-0.3, -0.25) is 19.0 Å². The number of nitrogens with zero attached hydrogens (tertiary/aromatic N) is 3. The number of esters is 1. The molecule has 0 aliphatic heterocycles. The Hall–Kier alpha value is -2.80. The lowest BCUT2D eigenvalue weighted by Gasteiger charge is -2.15. The number of aryl methyl sites for hydroxylation is 1. The molecule has 1 heterocycles. The summed E-state index contributed by atoms with van der Waals surface area (Å²) in [5.74, 6) is -2.20. The molecule has 9 nitrogen and oxygen atoms in total. The van der Waals surface area contributed by atoms with E-state index in [-0.39, 0.29) is 15.7 Å². The summed E-state index contributed by atoms with van der Waals surface area (Å²) in [5, 5.41) is 5.66. The number of nitrogens with one attached hydrogen (secondary N) is 1. The number of ether oxygens (including phenoxy) is 1. The first-order valence-corrected chi connectivity index (χ1v) is 9.82. The van der Waals surface area contributed by atoms with Gasteiger partial charge in [0.1, 0.15) is 0 Å². The van der Waals surface area contributed by atoms with Gasteiger partial charge in [0.25, 0.3) is 11.5 Å². The van der Waals surface area contributed by atoms with Gasteiger partial charge in [0.2, 0.25) is 0 Å². The lowest BCUT2D eigenvalue weighted by Crippen LogP contribution is -2.39. The van der Waals surface area contributed by atoms with E-state index in [0.717, 1.165) is 21.4 Å². The van der Waals surface area contributed by atoms with Crippen molar-refractivity contribution in [1.29, 1.82) is 0 Å². The maximum Gasteiger partial charge on any atom is 0.416 e. The average molecular weight is 481 g/mol. The van der Waals surface area contributed by atoms with Crippen LogP contribution in [-0.2, 0) is 34.6 Å². The zero-order valence-corrected chi connectivity index (χ0v) is 17.9. The summed E-state index contributed by atoms with van der Waals surface area (Å²) < 4.78 is 45.1. The minimum absolute atomic E-state index is 0.130. The van der Waals surface area contributed by atoms with Gasteiger partial charge >= 0.3 is 17.8 Å². The maximum atomic E-state index is 12.8. The summed E-state index contributed by atoms with van der Waals surface area (Å²) in [7, 11) is 2.58. The molecule has 0 fully saturated rings. The predicted molar refractivity (Wildman–Crippen MR) is 106 cm³/mol. The molecule has 0 aliphatic rings. The SMILES string of the molecule is CC(OC(=O)CSc1nn(C)c(=O)n(C)c1=O)C(=O)Nc1cc(C(F)(F)F)ccc1Cl. The molecular formula is C17H16ClF3N4O5S. The fourth-order valence-corrected chi connectivity index (χ4v) is 3.13. The fourth-order valence-electron chi connectivity index (χ4n) is 2.20. The predicted octanol–water partition coefficient (Wildman–Crippen LogP) is 1.81. The van der Waals surface area contributed by atoms with Crippen molar-refractivity contribution in [3.05, 3.63) is 49.6 Å². The van der Waals surface area contributed by atoms with Crippen LogP contribution in [-0.4, -0.2) is 38.1 Å². The van der Waals surface area contributed by atoms with Gasteiger partial charge in [-0.15, -0.1) is 0 Å². The standard InChI is InChI=1S/C17H16ClF3N4O5S/c1-8(13(27)22-11-6-9(17(19,20)21)4-5-10(11)18)30-12(26)7-31-14-15(28)24(2)16(29)25(3)23-14/h4-6,8H,7H2,1-3H3,(H,22,27). The number of rotatable bonds is 6. The van der Waals surface area contributed by atoms with Crippen molar-refractivity contribution >= 4 is 40.9 Å². The van der Waals surface area contributed by atoms with Crippen LogP contribution in [0.2, 0.25) is 5.02 Å². The number of amides is 1. The molecule has 1 aromatic carbocycles. The second-order valence-electron chi connectivity index (χ2n) is 6.18. The molecule has 0 spiro atoms. The largest absolute Gasteiger partial charge is 0.452 e. The number of hydrogen-bond donors (Lipinski definition) is 1. The number of alkyl halides is 3. The second-order valence-corrected chi connectivity index (χ2v) is 7.55. The second kappa shape index (κ2) is 9.56. The van der Waals surface area contributed by atoms with Crippen LogP contribution in [0.15, 0.2) is 32.8 Å². The molecule has 31 heavy (non-hydrogen) atoms. The van der Waals surface area contributed by atoms with Gasteiger partial charge in [-0.05, 0) is 25.1 Å². The number of anilines is 1. The van der Waals surface area contributed by atoms with Gasteiger partial charge in [-0.1, -0.05) is 23.4 Å². The fraction of sp³-hybridized carbons (Fsp3) is 0.353. The number of halogens is 4. The molecule has 1 unspecified atom stereocenters. The van der Waals surface area contributed by atoms with E-state index in [2.05, 4.69) is 10.4 Å². The Balaban J connectivity index is 2.00. The van der Waals surface area contributed by atoms with Crippen molar-refractivity contribution in [3.63, 3.8) is 0 Å². The van der Waals surface area contributed by atoms with Crippen LogP contribution in [0.3, 0.4) is 0 Å². The molecule has 1 amide bonds. The molecule has 2 rings (SSSR count). The van der Waals surface area contributed by atoms with Crippen molar-refractivity contribution in [2.75, 3.05) is 11.1 Å². The van der Waals surface area contributed by atoms with E-state index in [1.807, 2.05) is 0 Å². The van der Waals surface area contributed by atoms with Crippen LogP contribution in [0.1, 0.15) is 12.5 Å². The third-order valence-electron chi connectivity index (χ3n) is 3.85. The Morgan fingerprint density at radius 2 is 1.94 bits per heavy atom. The highest BCUT2D eigenvalue weighted by Crippen LogP contribution is 2.33. The van der Waals surface area contributed by atoms with Crippen LogP contribution >= 0.6 is 23.4 Å². The molecule has 0 saturated carbocycles. The van der Waals surface area contributed by atoms with Crippen molar-refractivity contribution in [3.8, 4) is 0 Å². The summed E-state index contributed by atoms with van der Waals surface area (Å²) >= 11 is 6.51. The van der Waals surface area contributed by atoms with Crippen LogP contribution in [0.25, 0.3) is 0 Å². The van der Waals surface area contributed by atoms with Gasteiger partial charge in [-0.2, -0.15) is 18.3 Å². The van der Waals surface area contributed by atoms with E-state index in [9.17, 15) is 32.3 Å². The Labute approximate surface area is 182 Å². The molecule has 1 N–H and O–H groups in total. The smallest absolute Gasteiger partial charge is 0.416 e. The van der Waals surface area contributed by atoms with E-state index < -0.39 is 46.7 Å². The van der Waals surface area contributed by atoms with Crippen LogP contribution in [0.4, 0.5) is 18.9 Å². The lowest BCUT2D eigenvalue weighted by molar-refractivity contribution is -0.150. The Kier molecular flexibility index (Phi) is 7.54. The highest BCUT2D eigenvalue weighted by molar-refractivity contribution is 7.99. The lowest BCUT2D eigenvalue weighted by atomic mass is 10.2. The number of aromatic nitrogens is 3. The molecule has 2 aromatic rings. The number of hydrogen-bond acceptors (Lipinski definition) is 7. The maximum absolute atomic E-state index is 12.8. The molecule has 0 aliphatic carbocycles. The molecule has 1 aromatic heterocycles. The average Bonchev–Trinajstić information content (AvgIpc) is 2.68. The molecule has 0 radical (unpaired) electrons. The first-order valence-electron chi connectivity index (χ1n) is 8.45. The first kappa shape index (κ1) is 24.5. The summed E-state index contributed by atoms with van der Waals surface area (Å²) in [4.78, 5) is 47.7.